The molecule has 4 nitrogen and oxygen atoms in total. The summed E-state index contributed by atoms with van der Waals surface area (Å²) in [4.78, 5) is 16.8. The molecule has 0 aliphatic heterocycles. The molecule has 0 spiro atoms. The average Bonchev–Trinajstić information content (AvgIpc) is 3.37. The van der Waals surface area contributed by atoms with E-state index in [2.05, 4.69) is 11.9 Å². The number of rotatable bonds is 8. The second-order valence-electron chi connectivity index (χ2n) is 9.00. The monoisotopic (exact) mass is 501 g/mol. The van der Waals surface area contributed by atoms with Crippen LogP contribution in [0, 0.1) is 18.7 Å². The van der Waals surface area contributed by atoms with E-state index in [1.165, 1.54) is 30.2 Å². The fourth-order valence-electron chi connectivity index (χ4n) is 5.20. The van der Waals surface area contributed by atoms with Gasteiger partial charge < -0.3 is 9.84 Å². The number of hydrogen-bond donors (Lipinski definition) is 1. The first-order chi connectivity index (χ1) is 16.4. The van der Waals surface area contributed by atoms with Gasteiger partial charge in [0.15, 0.2) is 0 Å². The highest BCUT2D eigenvalue weighted by Crippen LogP contribution is 2.46. The van der Waals surface area contributed by atoms with Gasteiger partial charge in [0.2, 0.25) is 0 Å². The van der Waals surface area contributed by atoms with Crippen molar-refractivity contribution in [2.75, 3.05) is 0 Å². The van der Waals surface area contributed by atoms with E-state index in [9.17, 15) is 14.3 Å². The summed E-state index contributed by atoms with van der Waals surface area (Å²) in [5.41, 5.74) is 4.13. The van der Waals surface area contributed by atoms with Crippen molar-refractivity contribution in [3.05, 3.63) is 74.4 Å². The van der Waals surface area contributed by atoms with Crippen molar-refractivity contribution in [3.63, 3.8) is 0 Å². The second kappa shape index (κ2) is 10.5. The Kier molecular flexibility index (Phi) is 7.70. The molecule has 1 aromatic heterocycles. The van der Waals surface area contributed by atoms with Crippen LogP contribution in [0.25, 0.3) is 11.1 Å². The maximum atomic E-state index is 14.7. The van der Waals surface area contributed by atoms with E-state index in [0.29, 0.717) is 18.1 Å². The number of carbonyl (C=O) groups is 1. The minimum atomic E-state index is -1.25. The van der Waals surface area contributed by atoms with Crippen LogP contribution in [0.5, 0.6) is 0 Å². The van der Waals surface area contributed by atoms with Crippen molar-refractivity contribution in [1.29, 1.82) is 0 Å². The van der Waals surface area contributed by atoms with E-state index < -0.39 is 11.8 Å². The number of aromatic nitrogens is 1. The highest BCUT2D eigenvalue weighted by molar-refractivity contribution is 7.09. The Morgan fingerprint density at radius 1 is 1.24 bits per heavy atom. The third-order valence-corrected chi connectivity index (χ3v) is 8.25. The van der Waals surface area contributed by atoms with Crippen molar-refractivity contribution in [3.8, 4) is 11.1 Å². The zero-order valence-electron chi connectivity index (χ0n) is 19.4. The van der Waals surface area contributed by atoms with Crippen molar-refractivity contribution in [1.82, 2.24) is 4.98 Å². The van der Waals surface area contributed by atoms with Gasteiger partial charge >= 0.3 is 5.97 Å². The lowest BCUT2D eigenvalue weighted by Gasteiger charge is -2.41. The summed E-state index contributed by atoms with van der Waals surface area (Å²) < 4.78 is 21.5. The Bertz CT molecular complexity index is 1160. The third kappa shape index (κ3) is 4.90. The number of aryl methyl sites for hydroxylation is 1. The number of carboxylic acids is 1. The summed E-state index contributed by atoms with van der Waals surface area (Å²) in [5.74, 6) is -1.39. The molecule has 1 saturated carbocycles. The first-order valence-corrected chi connectivity index (χ1v) is 13.0. The number of hydrogen-bond acceptors (Lipinski definition) is 4. The number of nitrogens with zero attached hydrogens (tertiary/aromatic N) is 1. The summed E-state index contributed by atoms with van der Waals surface area (Å²) in [6.45, 7) is 4.55. The molecule has 1 fully saturated rings. The van der Waals surface area contributed by atoms with E-state index in [1.54, 1.807) is 11.3 Å². The van der Waals surface area contributed by atoms with Crippen molar-refractivity contribution >= 4 is 28.9 Å². The number of carboxylic acid groups (broad SMARTS) is 1. The van der Waals surface area contributed by atoms with E-state index in [1.807, 2.05) is 36.8 Å². The Balaban J connectivity index is 1.60. The van der Waals surface area contributed by atoms with E-state index in [0.717, 1.165) is 36.5 Å². The molecular formula is C27H29ClFNO3S. The maximum absolute atomic E-state index is 14.7. The SMILES string of the molecule is CCC(OCc1ccc(-c2cc(Cl)c(C(=O)O)cc2F)c(C)c1)(c1cncs1)C1CCCCC1. The zero-order valence-corrected chi connectivity index (χ0v) is 21.0. The van der Waals surface area contributed by atoms with Crippen LogP contribution in [-0.4, -0.2) is 16.1 Å². The van der Waals surface area contributed by atoms with Gasteiger partial charge in [-0.1, -0.05) is 56.0 Å². The molecule has 1 unspecified atom stereocenters. The number of ether oxygens (including phenoxy) is 1. The lowest BCUT2D eigenvalue weighted by Crippen LogP contribution is -2.38. The molecule has 1 heterocycles. The molecule has 1 N–H and O–H groups in total. The van der Waals surface area contributed by atoms with Crippen LogP contribution >= 0.6 is 22.9 Å². The van der Waals surface area contributed by atoms with E-state index in [4.69, 9.17) is 16.3 Å². The van der Waals surface area contributed by atoms with E-state index >= 15 is 0 Å². The predicted octanol–water partition coefficient (Wildman–Crippen LogP) is 8.01. The zero-order chi connectivity index (χ0) is 24.3. The normalized spacial score (nSPS) is 16.4. The highest BCUT2D eigenvalue weighted by Gasteiger charge is 2.41. The van der Waals surface area contributed by atoms with Gasteiger partial charge in [-0.2, -0.15) is 0 Å². The van der Waals surface area contributed by atoms with Crippen molar-refractivity contribution in [2.45, 2.75) is 64.6 Å². The number of aromatic carboxylic acids is 1. The van der Waals surface area contributed by atoms with Gasteiger partial charge in [-0.05, 0) is 60.9 Å². The fourth-order valence-corrected chi connectivity index (χ4v) is 6.37. The summed E-state index contributed by atoms with van der Waals surface area (Å²) in [7, 11) is 0. The van der Waals surface area contributed by atoms with Crippen LogP contribution in [-0.2, 0) is 16.9 Å². The van der Waals surface area contributed by atoms with Gasteiger partial charge in [-0.15, -0.1) is 11.3 Å². The topological polar surface area (TPSA) is 59.4 Å². The summed E-state index contributed by atoms with van der Waals surface area (Å²) in [6, 6.07) is 8.15. The Morgan fingerprint density at radius 3 is 2.62 bits per heavy atom. The fraction of sp³-hybridized carbons (Fsp3) is 0.407. The smallest absolute Gasteiger partial charge is 0.337 e. The van der Waals surface area contributed by atoms with Crippen LogP contribution in [0.15, 0.2) is 42.0 Å². The highest BCUT2D eigenvalue weighted by atomic mass is 35.5. The first kappa shape index (κ1) is 24.8. The van der Waals surface area contributed by atoms with E-state index in [-0.39, 0.29) is 21.8 Å². The standard InChI is InChI=1S/C27H29ClFNO3S/c1-3-27(25-14-30-16-34-25,19-7-5-4-6-8-19)33-15-18-9-10-20(17(2)11-18)21-12-23(28)22(26(31)32)13-24(21)29/h9-14,16,19H,3-8,15H2,1-2H3,(H,31,32). The van der Waals surface area contributed by atoms with Crippen LogP contribution in [0.4, 0.5) is 4.39 Å². The molecule has 0 saturated heterocycles. The Morgan fingerprint density at radius 2 is 2.00 bits per heavy atom. The molecule has 4 rings (SSSR count). The predicted molar refractivity (Wildman–Crippen MR) is 134 cm³/mol. The van der Waals surface area contributed by atoms with Crippen molar-refractivity contribution in [2.24, 2.45) is 5.92 Å². The van der Waals surface area contributed by atoms with Gasteiger partial charge in [0.05, 0.1) is 27.6 Å². The first-order valence-electron chi connectivity index (χ1n) is 11.7. The molecule has 1 aliphatic rings. The molecule has 180 valence electrons. The largest absolute Gasteiger partial charge is 0.478 e. The Labute approximate surface area is 208 Å². The molecule has 1 aliphatic carbocycles. The van der Waals surface area contributed by atoms with Crippen molar-refractivity contribution < 1.29 is 19.0 Å². The van der Waals surface area contributed by atoms with Gasteiger partial charge in [-0.3, -0.25) is 4.98 Å². The molecule has 3 aromatic rings. The second-order valence-corrected chi connectivity index (χ2v) is 10.3. The molecule has 2 aromatic carbocycles. The summed E-state index contributed by atoms with van der Waals surface area (Å²) in [6.07, 6.45) is 8.91. The Hall–Kier alpha value is -2.28. The average molecular weight is 502 g/mol. The lowest BCUT2D eigenvalue weighted by atomic mass is 9.74. The number of thiazole rings is 1. The minimum absolute atomic E-state index is 0.0143. The molecule has 1 atom stereocenters. The summed E-state index contributed by atoms with van der Waals surface area (Å²) >= 11 is 7.76. The van der Waals surface area contributed by atoms with Crippen LogP contribution in [0.2, 0.25) is 5.02 Å². The molecule has 0 amide bonds. The van der Waals surface area contributed by atoms with Gasteiger partial charge in [0, 0.05) is 11.8 Å². The van der Waals surface area contributed by atoms with Crippen LogP contribution in [0.1, 0.15) is 71.8 Å². The maximum Gasteiger partial charge on any atom is 0.337 e. The molecule has 7 heteroatoms. The van der Waals surface area contributed by atoms with Crippen LogP contribution in [0.3, 0.4) is 0 Å². The molecule has 34 heavy (non-hydrogen) atoms. The van der Waals surface area contributed by atoms with Gasteiger partial charge in [-0.25, -0.2) is 9.18 Å². The quantitative estimate of drug-likeness (QED) is 0.339. The van der Waals surface area contributed by atoms with Gasteiger partial charge in [0.25, 0.3) is 0 Å². The molecule has 0 bridgehead atoms. The number of halogens is 2. The summed E-state index contributed by atoms with van der Waals surface area (Å²) in [5, 5.41) is 9.20. The molecule has 0 radical (unpaired) electrons. The molecular weight excluding hydrogens is 473 g/mol. The van der Waals surface area contributed by atoms with Gasteiger partial charge in [0.1, 0.15) is 11.4 Å². The third-order valence-electron chi connectivity index (χ3n) is 7.00. The number of benzene rings is 2. The minimum Gasteiger partial charge on any atom is -0.478 e. The van der Waals surface area contributed by atoms with Crippen LogP contribution < -0.4 is 0 Å². The lowest BCUT2D eigenvalue weighted by molar-refractivity contribution is -0.113.